The highest BCUT2D eigenvalue weighted by atomic mass is 35.5. The highest BCUT2D eigenvalue weighted by molar-refractivity contribution is 6.31. The zero-order chi connectivity index (χ0) is 27.5. The van der Waals surface area contributed by atoms with Crippen molar-refractivity contribution in [2.75, 3.05) is 0 Å². The molecular weight excluding hydrogens is 542 g/mol. The quantitative estimate of drug-likeness (QED) is 0.321. The first-order valence-corrected chi connectivity index (χ1v) is 11.9. The number of hydrogen-bond acceptors (Lipinski definition) is 7. The first kappa shape index (κ1) is 24.9. The van der Waals surface area contributed by atoms with Crippen molar-refractivity contribution < 1.29 is 17.6 Å². The van der Waals surface area contributed by atoms with E-state index in [4.69, 9.17) is 11.6 Å². The zero-order valence-corrected chi connectivity index (χ0v) is 20.6. The van der Waals surface area contributed by atoms with Gasteiger partial charge in [-0.15, -0.1) is 5.10 Å². The Balaban J connectivity index is 1.41. The highest BCUT2D eigenvalue weighted by Gasteiger charge is 2.35. The zero-order valence-electron chi connectivity index (χ0n) is 19.9. The molecule has 4 aromatic heterocycles. The average Bonchev–Trinajstić information content (AvgIpc) is 3.66. The largest absolute Gasteiger partial charge is 0.433 e. The van der Waals surface area contributed by atoms with E-state index in [1.54, 1.807) is 0 Å². The van der Waals surface area contributed by atoms with Gasteiger partial charge in [-0.1, -0.05) is 18.5 Å². The Bertz CT molecular complexity index is 1760. The number of nitrogens with zero attached hydrogens (tertiary/aromatic N) is 8. The maximum Gasteiger partial charge on any atom is 0.433 e. The molecule has 0 saturated carbocycles. The van der Waals surface area contributed by atoms with Crippen LogP contribution < -0.4 is 5.56 Å². The Morgan fingerprint density at radius 3 is 2.72 bits per heavy atom. The molecule has 1 aliphatic rings. The van der Waals surface area contributed by atoms with Gasteiger partial charge in [-0.2, -0.15) is 17.9 Å². The van der Waals surface area contributed by atoms with E-state index in [1.165, 1.54) is 46.0 Å². The summed E-state index contributed by atoms with van der Waals surface area (Å²) >= 11 is 6.05. The molecule has 0 unspecified atom stereocenters. The molecule has 6 rings (SSSR count). The lowest BCUT2D eigenvalue weighted by molar-refractivity contribution is -0.141. The Hall–Kier alpha value is -4.46. The molecule has 0 amide bonds. The third kappa shape index (κ3) is 4.26. The third-order valence-corrected chi connectivity index (χ3v) is 6.80. The van der Waals surface area contributed by atoms with Crippen LogP contribution in [0.15, 0.2) is 53.8 Å². The molecule has 0 fully saturated rings. The molecule has 0 saturated heterocycles. The molecule has 15 heteroatoms. The number of rotatable bonds is 4. The van der Waals surface area contributed by atoms with E-state index in [0.29, 0.717) is 23.8 Å². The summed E-state index contributed by atoms with van der Waals surface area (Å²) in [5.41, 5.74) is -0.651. The van der Waals surface area contributed by atoms with Crippen molar-refractivity contribution in [2.45, 2.75) is 31.5 Å². The van der Waals surface area contributed by atoms with Crippen molar-refractivity contribution in [3.05, 3.63) is 87.6 Å². The van der Waals surface area contributed by atoms with Crippen LogP contribution in [-0.4, -0.2) is 44.7 Å². The monoisotopic (exact) mass is 557 g/mol. The Kier molecular flexibility index (Phi) is 5.79. The van der Waals surface area contributed by atoms with Crippen LogP contribution in [0.5, 0.6) is 0 Å². The van der Waals surface area contributed by atoms with Gasteiger partial charge >= 0.3 is 6.18 Å². The van der Waals surface area contributed by atoms with Gasteiger partial charge in [-0.05, 0) is 41.1 Å². The molecule has 0 radical (unpaired) electrons. The van der Waals surface area contributed by atoms with Gasteiger partial charge in [0.2, 0.25) is 0 Å². The second-order valence-electron chi connectivity index (χ2n) is 8.98. The lowest BCUT2D eigenvalue weighted by Crippen LogP contribution is -2.25. The SMILES string of the molecule is C[C@H]1C[C@@H](c2ncc(-c3ccnc(C(F)(F)F)c3)[nH]2)n2c1nc(-c1c(-n3cnnn3)ccc(Cl)c1F)cc2=O. The number of halogens is 5. The summed E-state index contributed by atoms with van der Waals surface area (Å²) in [7, 11) is 0. The summed E-state index contributed by atoms with van der Waals surface area (Å²) in [6.07, 6.45) is -0.414. The molecule has 1 N–H and O–H groups in total. The van der Waals surface area contributed by atoms with E-state index in [0.717, 1.165) is 12.3 Å². The summed E-state index contributed by atoms with van der Waals surface area (Å²) < 4.78 is 57.3. The number of hydrogen-bond donors (Lipinski definition) is 1. The summed E-state index contributed by atoms with van der Waals surface area (Å²) in [6.45, 7) is 1.86. The van der Waals surface area contributed by atoms with Crippen molar-refractivity contribution in [2.24, 2.45) is 0 Å². The number of tetrazole rings is 1. The average molecular weight is 558 g/mol. The van der Waals surface area contributed by atoms with E-state index in [2.05, 4.69) is 35.5 Å². The maximum absolute atomic E-state index is 15.3. The molecule has 1 aromatic carbocycles. The molecule has 39 heavy (non-hydrogen) atoms. The fourth-order valence-electron chi connectivity index (χ4n) is 4.73. The van der Waals surface area contributed by atoms with Gasteiger partial charge in [0, 0.05) is 23.7 Å². The number of benzene rings is 1. The van der Waals surface area contributed by atoms with Crippen LogP contribution in [0, 0.1) is 5.82 Å². The Morgan fingerprint density at radius 2 is 1.97 bits per heavy atom. The van der Waals surface area contributed by atoms with Gasteiger partial charge in [0.25, 0.3) is 5.56 Å². The van der Waals surface area contributed by atoms with E-state index in [9.17, 15) is 18.0 Å². The molecular formula is C24H16ClF4N9O. The van der Waals surface area contributed by atoms with Gasteiger partial charge in [0.05, 0.1) is 39.9 Å². The number of imidazole rings is 1. The molecule has 0 bridgehead atoms. The Morgan fingerprint density at radius 1 is 1.15 bits per heavy atom. The molecule has 2 atom stereocenters. The minimum absolute atomic E-state index is 0.0376. The number of alkyl halides is 3. The number of H-pyrrole nitrogens is 1. The lowest BCUT2D eigenvalue weighted by atomic mass is 10.1. The molecule has 5 heterocycles. The molecule has 198 valence electrons. The van der Waals surface area contributed by atoms with Gasteiger partial charge < -0.3 is 4.98 Å². The van der Waals surface area contributed by atoms with Gasteiger partial charge in [-0.3, -0.25) is 14.3 Å². The predicted molar refractivity (Wildman–Crippen MR) is 130 cm³/mol. The normalized spacial score (nSPS) is 17.0. The molecule has 0 spiro atoms. The minimum Gasteiger partial charge on any atom is -0.340 e. The first-order valence-electron chi connectivity index (χ1n) is 11.6. The van der Waals surface area contributed by atoms with Crippen LogP contribution in [0.2, 0.25) is 5.02 Å². The van der Waals surface area contributed by atoms with Crippen molar-refractivity contribution >= 4 is 11.6 Å². The van der Waals surface area contributed by atoms with Crippen LogP contribution in [0.1, 0.15) is 42.6 Å². The standard InChI is InChI=1S/C24H16ClF4N9O/c1-11-6-17(22-31-9-15(33-22)12-4-5-30-18(7-12)24(27,28)29)38-19(39)8-14(34-23(11)38)20-16(37-10-32-35-36-37)3-2-13(25)21(20)26/h2-5,7-11,17H,6H2,1H3,(H,31,33)/t11-,17-/m0/s1. The summed E-state index contributed by atoms with van der Waals surface area (Å²) in [6, 6.07) is 5.85. The van der Waals surface area contributed by atoms with Crippen LogP contribution >= 0.6 is 11.6 Å². The van der Waals surface area contributed by atoms with E-state index in [-0.39, 0.29) is 33.4 Å². The molecule has 1 aliphatic heterocycles. The maximum atomic E-state index is 15.3. The fraction of sp³-hybridized carbons (Fsp3) is 0.208. The summed E-state index contributed by atoms with van der Waals surface area (Å²) in [4.78, 5) is 28.8. The van der Waals surface area contributed by atoms with Crippen molar-refractivity contribution in [1.29, 1.82) is 0 Å². The van der Waals surface area contributed by atoms with Crippen LogP contribution in [0.3, 0.4) is 0 Å². The number of fused-ring (bicyclic) bond motifs is 1. The smallest absolute Gasteiger partial charge is 0.340 e. The van der Waals surface area contributed by atoms with Crippen LogP contribution in [0.4, 0.5) is 17.6 Å². The minimum atomic E-state index is -4.60. The number of pyridine rings is 1. The van der Waals surface area contributed by atoms with E-state index >= 15 is 4.39 Å². The van der Waals surface area contributed by atoms with E-state index < -0.39 is 29.3 Å². The first-order chi connectivity index (χ1) is 18.6. The van der Waals surface area contributed by atoms with E-state index in [1.807, 2.05) is 6.92 Å². The highest BCUT2D eigenvalue weighted by Crippen LogP contribution is 2.39. The van der Waals surface area contributed by atoms with Gasteiger partial charge in [0.1, 0.15) is 23.7 Å². The van der Waals surface area contributed by atoms with Crippen molar-refractivity contribution in [3.8, 4) is 28.2 Å². The summed E-state index contributed by atoms with van der Waals surface area (Å²) in [5, 5.41) is 10.8. The van der Waals surface area contributed by atoms with Crippen LogP contribution in [0.25, 0.3) is 28.2 Å². The molecule has 10 nitrogen and oxygen atoms in total. The Labute approximate surface area is 221 Å². The van der Waals surface area contributed by atoms with Crippen molar-refractivity contribution in [1.82, 2.24) is 44.7 Å². The van der Waals surface area contributed by atoms with Gasteiger partial charge in [0.15, 0.2) is 5.82 Å². The topological polar surface area (TPSA) is 120 Å². The second-order valence-corrected chi connectivity index (χ2v) is 9.39. The number of aromatic amines is 1. The van der Waals surface area contributed by atoms with Gasteiger partial charge in [-0.25, -0.2) is 14.4 Å². The number of nitrogens with one attached hydrogen (secondary N) is 1. The summed E-state index contributed by atoms with van der Waals surface area (Å²) in [5.74, 6) is -0.241. The fourth-order valence-corrected chi connectivity index (χ4v) is 4.89. The lowest BCUT2D eigenvalue weighted by Gasteiger charge is -2.15. The number of aromatic nitrogens is 9. The van der Waals surface area contributed by atoms with Crippen molar-refractivity contribution in [3.63, 3.8) is 0 Å². The molecule has 0 aliphatic carbocycles. The predicted octanol–water partition coefficient (Wildman–Crippen LogP) is 4.58. The van der Waals surface area contributed by atoms with Crippen LogP contribution in [-0.2, 0) is 6.18 Å². The second kappa shape index (κ2) is 9.08. The third-order valence-electron chi connectivity index (χ3n) is 6.51. The molecule has 5 aromatic rings.